The standard InChI is InChI=1S/C52H34N2/c1-53-47-25-23-42-41(51(47)43-21-19-33(29-49(43)53)45-27-31-11-3-5-13-35(31)37-15-7-9-17-39(37)45)24-26-48-52(42)44-22-20-34(30-50(44)54(48)2)46-28-32-12-4-6-14-36(32)38-16-8-10-18-40(38)46/h3-30H,1-2H3. The van der Waals surface area contributed by atoms with Crippen molar-refractivity contribution in [3.63, 3.8) is 0 Å². The Morgan fingerprint density at radius 2 is 0.648 bits per heavy atom. The summed E-state index contributed by atoms with van der Waals surface area (Å²) in [5.41, 5.74) is 10.0. The molecule has 12 aromatic rings. The third kappa shape index (κ3) is 3.95. The van der Waals surface area contributed by atoms with Crippen LogP contribution in [0.5, 0.6) is 0 Å². The van der Waals surface area contributed by atoms with Gasteiger partial charge < -0.3 is 9.13 Å². The molecule has 0 N–H and O–H groups in total. The summed E-state index contributed by atoms with van der Waals surface area (Å²) in [6, 6.07) is 63.3. The van der Waals surface area contributed by atoms with Crippen molar-refractivity contribution in [1.29, 1.82) is 0 Å². The van der Waals surface area contributed by atoms with Gasteiger partial charge in [-0.15, -0.1) is 0 Å². The lowest BCUT2D eigenvalue weighted by atomic mass is 9.92. The zero-order chi connectivity index (χ0) is 35.7. The van der Waals surface area contributed by atoms with Crippen LogP contribution in [0.2, 0.25) is 0 Å². The van der Waals surface area contributed by atoms with Crippen molar-refractivity contribution >= 4 is 97.5 Å². The smallest absolute Gasteiger partial charge is 0.0495 e. The van der Waals surface area contributed by atoms with Gasteiger partial charge >= 0.3 is 0 Å². The van der Waals surface area contributed by atoms with Gasteiger partial charge in [0, 0.05) is 57.7 Å². The maximum Gasteiger partial charge on any atom is 0.0495 e. The van der Waals surface area contributed by atoms with Gasteiger partial charge in [0.15, 0.2) is 0 Å². The highest BCUT2D eigenvalue weighted by Gasteiger charge is 2.19. The Labute approximate surface area is 311 Å². The van der Waals surface area contributed by atoms with Crippen molar-refractivity contribution in [2.24, 2.45) is 14.1 Å². The molecular formula is C52H34N2. The maximum absolute atomic E-state index is 2.40. The molecule has 12 rings (SSSR count). The van der Waals surface area contributed by atoms with Crippen LogP contribution in [0.15, 0.2) is 170 Å². The first-order valence-corrected chi connectivity index (χ1v) is 18.8. The van der Waals surface area contributed by atoms with E-state index in [1.807, 2.05) is 0 Å². The molecular weight excluding hydrogens is 653 g/mol. The van der Waals surface area contributed by atoms with Crippen molar-refractivity contribution in [2.75, 3.05) is 0 Å². The molecule has 0 saturated carbocycles. The Morgan fingerprint density at radius 3 is 1.09 bits per heavy atom. The van der Waals surface area contributed by atoms with E-state index in [0.717, 1.165) is 0 Å². The van der Waals surface area contributed by atoms with Gasteiger partial charge in [0.1, 0.15) is 0 Å². The van der Waals surface area contributed by atoms with Crippen LogP contribution in [0.1, 0.15) is 0 Å². The predicted molar refractivity (Wildman–Crippen MR) is 233 cm³/mol. The summed E-state index contributed by atoms with van der Waals surface area (Å²) in [5, 5.41) is 18.1. The number of hydrogen-bond acceptors (Lipinski definition) is 0. The third-order valence-electron chi connectivity index (χ3n) is 12.3. The summed E-state index contributed by atoms with van der Waals surface area (Å²) in [5.74, 6) is 0. The van der Waals surface area contributed by atoms with E-state index in [0.29, 0.717) is 0 Å². The molecule has 0 aliphatic heterocycles. The van der Waals surface area contributed by atoms with Crippen LogP contribution in [0.3, 0.4) is 0 Å². The van der Waals surface area contributed by atoms with Gasteiger partial charge in [-0.05, 0) is 113 Å². The number of hydrogen-bond donors (Lipinski definition) is 0. The molecule has 252 valence electrons. The summed E-state index contributed by atoms with van der Waals surface area (Å²) in [6.45, 7) is 0. The first kappa shape index (κ1) is 29.7. The fourth-order valence-corrected chi connectivity index (χ4v) is 9.73. The lowest BCUT2D eigenvalue weighted by Gasteiger charge is -2.11. The zero-order valence-corrected chi connectivity index (χ0v) is 30.1. The van der Waals surface area contributed by atoms with Crippen LogP contribution in [0, 0.1) is 0 Å². The summed E-state index contributed by atoms with van der Waals surface area (Å²) < 4.78 is 4.76. The van der Waals surface area contributed by atoms with E-state index in [1.54, 1.807) is 0 Å². The van der Waals surface area contributed by atoms with Crippen molar-refractivity contribution in [3.8, 4) is 22.3 Å². The number of benzene rings is 10. The number of aromatic nitrogens is 2. The Balaban J connectivity index is 1.07. The monoisotopic (exact) mass is 686 g/mol. The Hall–Kier alpha value is -6.90. The second kappa shape index (κ2) is 10.8. The summed E-state index contributed by atoms with van der Waals surface area (Å²) >= 11 is 0. The molecule has 0 bridgehead atoms. The molecule has 0 atom stereocenters. The summed E-state index contributed by atoms with van der Waals surface area (Å²) in [4.78, 5) is 0. The minimum atomic E-state index is 1.24. The molecule has 2 heteroatoms. The van der Waals surface area contributed by atoms with Crippen molar-refractivity contribution in [2.45, 2.75) is 0 Å². The van der Waals surface area contributed by atoms with Crippen LogP contribution in [-0.2, 0) is 14.1 Å². The van der Waals surface area contributed by atoms with Crippen LogP contribution in [0.4, 0.5) is 0 Å². The molecule has 0 saturated heterocycles. The van der Waals surface area contributed by atoms with E-state index < -0.39 is 0 Å². The molecule has 2 nitrogen and oxygen atoms in total. The minimum absolute atomic E-state index is 1.24. The van der Waals surface area contributed by atoms with Gasteiger partial charge in [0.05, 0.1) is 0 Å². The Morgan fingerprint density at radius 1 is 0.278 bits per heavy atom. The van der Waals surface area contributed by atoms with Crippen molar-refractivity contribution in [3.05, 3.63) is 170 Å². The van der Waals surface area contributed by atoms with Crippen molar-refractivity contribution < 1.29 is 0 Å². The normalized spacial score (nSPS) is 12.3. The van der Waals surface area contributed by atoms with E-state index in [4.69, 9.17) is 0 Å². The SMILES string of the molecule is Cn1c2cc(-c3cc4ccccc4c4ccccc34)ccc2c2c3ccc4c(c3ccc21)c1ccc(-c2cc3ccccc3c3ccccc23)cc1n4C. The zero-order valence-electron chi connectivity index (χ0n) is 30.1. The fraction of sp³-hybridized carbons (Fsp3) is 0.0385. The fourth-order valence-electron chi connectivity index (χ4n) is 9.73. The molecule has 0 radical (unpaired) electrons. The van der Waals surface area contributed by atoms with Crippen LogP contribution < -0.4 is 0 Å². The van der Waals surface area contributed by atoms with E-state index in [-0.39, 0.29) is 0 Å². The van der Waals surface area contributed by atoms with Gasteiger partial charge in [-0.2, -0.15) is 0 Å². The average Bonchev–Trinajstić information content (AvgIpc) is 3.69. The van der Waals surface area contributed by atoms with E-state index in [2.05, 4.69) is 193 Å². The van der Waals surface area contributed by atoms with Gasteiger partial charge in [-0.3, -0.25) is 0 Å². The van der Waals surface area contributed by atoms with Gasteiger partial charge in [0.25, 0.3) is 0 Å². The van der Waals surface area contributed by atoms with Gasteiger partial charge in [-0.25, -0.2) is 0 Å². The quantitative estimate of drug-likeness (QED) is 0.160. The molecule has 0 unspecified atom stereocenters. The largest absolute Gasteiger partial charge is 0.344 e. The Kier molecular flexibility index (Phi) is 5.94. The Bertz CT molecular complexity index is 3340. The highest BCUT2D eigenvalue weighted by Crippen LogP contribution is 2.44. The van der Waals surface area contributed by atoms with Crippen molar-refractivity contribution in [1.82, 2.24) is 9.13 Å². The van der Waals surface area contributed by atoms with Gasteiger partial charge in [-0.1, -0.05) is 133 Å². The molecule has 0 fully saturated rings. The highest BCUT2D eigenvalue weighted by molar-refractivity contribution is 6.29. The van der Waals surface area contributed by atoms with Crippen LogP contribution >= 0.6 is 0 Å². The molecule has 0 aliphatic rings. The molecule has 0 spiro atoms. The first-order valence-electron chi connectivity index (χ1n) is 18.8. The maximum atomic E-state index is 2.40. The number of rotatable bonds is 2. The predicted octanol–water partition coefficient (Wildman–Crippen LogP) is 14.1. The number of aryl methyl sites for hydroxylation is 2. The minimum Gasteiger partial charge on any atom is -0.344 e. The highest BCUT2D eigenvalue weighted by atomic mass is 14.9. The molecule has 2 heterocycles. The third-order valence-corrected chi connectivity index (χ3v) is 12.3. The molecule has 0 amide bonds. The topological polar surface area (TPSA) is 9.86 Å². The second-order valence-corrected chi connectivity index (χ2v) is 15.0. The van der Waals surface area contributed by atoms with Crippen LogP contribution in [0.25, 0.3) is 120 Å². The second-order valence-electron chi connectivity index (χ2n) is 15.0. The summed E-state index contributed by atoms with van der Waals surface area (Å²) in [7, 11) is 4.43. The van der Waals surface area contributed by atoms with E-state index in [9.17, 15) is 0 Å². The lowest BCUT2D eigenvalue weighted by molar-refractivity contribution is 1.01. The number of nitrogens with zero attached hydrogens (tertiary/aromatic N) is 2. The van der Waals surface area contributed by atoms with E-state index in [1.165, 1.54) is 120 Å². The molecule has 2 aromatic heterocycles. The average molecular weight is 687 g/mol. The van der Waals surface area contributed by atoms with Gasteiger partial charge in [0.2, 0.25) is 0 Å². The summed E-state index contributed by atoms with van der Waals surface area (Å²) in [6.07, 6.45) is 0. The molecule has 0 aliphatic carbocycles. The first-order chi connectivity index (χ1) is 26.6. The molecule has 10 aromatic carbocycles. The molecule has 54 heavy (non-hydrogen) atoms. The van der Waals surface area contributed by atoms with Crippen LogP contribution in [-0.4, -0.2) is 9.13 Å². The lowest BCUT2D eigenvalue weighted by Crippen LogP contribution is -1.89. The number of fused-ring (bicyclic) bond motifs is 15. The van der Waals surface area contributed by atoms with E-state index >= 15 is 0 Å².